The van der Waals surface area contributed by atoms with E-state index < -0.39 is 16.3 Å². The van der Waals surface area contributed by atoms with Crippen molar-refractivity contribution in [1.29, 1.82) is 0 Å². The van der Waals surface area contributed by atoms with Crippen LogP contribution in [0.25, 0.3) is 0 Å². The van der Waals surface area contributed by atoms with Gasteiger partial charge >= 0.3 is 0 Å². The summed E-state index contributed by atoms with van der Waals surface area (Å²) < 4.78 is 28.7. The molecule has 7 nitrogen and oxygen atoms in total. The monoisotopic (exact) mass is 360 g/mol. The molecule has 1 amide bonds. The molecule has 1 heterocycles. The van der Waals surface area contributed by atoms with Crippen LogP contribution in [0.3, 0.4) is 0 Å². The zero-order valence-corrected chi connectivity index (χ0v) is 15.8. The minimum Gasteiger partial charge on any atom is -0.339 e. The first kappa shape index (κ1) is 19.6. The highest BCUT2D eigenvalue weighted by Gasteiger charge is 2.35. The van der Waals surface area contributed by atoms with Crippen molar-refractivity contribution < 1.29 is 13.2 Å². The SMILES string of the molecule is CCCC(N)C(=O)N1CCN(S(=O)(=O)N(C)C2CCCCC2)CC1. The van der Waals surface area contributed by atoms with Crippen molar-refractivity contribution in [2.75, 3.05) is 33.2 Å². The molecule has 24 heavy (non-hydrogen) atoms. The average Bonchev–Trinajstić information content (AvgIpc) is 2.61. The van der Waals surface area contributed by atoms with Crippen LogP contribution in [0.5, 0.6) is 0 Å². The van der Waals surface area contributed by atoms with Gasteiger partial charge in [-0.2, -0.15) is 17.0 Å². The second kappa shape index (κ2) is 8.60. The van der Waals surface area contributed by atoms with E-state index in [0.29, 0.717) is 32.6 Å². The van der Waals surface area contributed by atoms with E-state index >= 15 is 0 Å². The topological polar surface area (TPSA) is 87.0 Å². The molecule has 0 radical (unpaired) electrons. The summed E-state index contributed by atoms with van der Waals surface area (Å²) in [5, 5.41) is 0. The molecule has 140 valence electrons. The lowest BCUT2D eigenvalue weighted by molar-refractivity contribution is -0.134. The number of rotatable bonds is 6. The van der Waals surface area contributed by atoms with E-state index in [1.165, 1.54) is 10.7 Å². The molecule has 1 aliphatic heterocycles. The van der Waals surface area contributed by atoms with Crippen LogP contribution < -0.4 is 5.73 Å². The minimum atomic E-state index is -3.44. The molecule has 8 heteroatoms. The van der Waals surface area contributed by atoms with Crippen molar-refractivity contribution in [2.24, 2.45) is 5.73 Å². The van der Waals surface area contributed by atoms with Crippen molar-refractivity contribution >= 4 is 16.1 Å². The van der Waals surface area contributed by atoms with E-state index in [2.05, 4.69) is 0 Å². The fourth-order valence-electron chi connectivity index (χ4n) is 3.62. The van der Waals surface area contributed by atoms with E-state index in [9.17, 15) is 13.2 Å². The lowest BCUT2D eigenvalue weighted by Crippen LogP contribution is -2.57. The Kier molecular flexibility index (Phi) is 7.03. The van der Waals surface area contributed by atoms with Gasteiger partial charge in [0, 0.05) is 39.3 Å². The molecule has 0 bridgehead atoms. The molecule has 2 rings (SSSR count). The van der Waals surface area contributed by atoms with Gasteiger partial charge in [0.1, 0.15) is 0 Å². The molecular weight excluding hydrogens is 328 g/mol. The van der Waals surface area contributed by atoms with Crippen molar-refractivity contribution in [3.63, 3.8) is 0 Å². The second-order valence-electron chi connectivity index (χ2n) is 6.94. The number of hydrogen-bond acceptors (Lipinski definition) is 4. The standard InChI is InChI=1S/C16H32N4O3S/c1-3-7-15(17)16(21)19-10-12-20(13-11-19)24(22,23)18(2)14-8-5-4-6-9-14/h14-15H,3-13,17H2,1-2H3. The highest BCUT2D eigenvalue weighted by Crippen LogP contribution is 2.25. The maximum atomic E-state index is 12.8. The van der Waals surface area contributed by atoms with Gasteiger partial charge in [-0.25, -0.2) is 0 Å². The predicted molar refractivity (Wildman–Crippen MR) is 94.6 cm³/mol. The van der Waals surface area contributed by atoms with Gasteiger partial charge in [0.2, 0.25) is 5.91 Å². The summed E-state index contributed by atoms with van der Waals surface area (Å²) in [4.78, 5) is 13.9. The maximum Gasteiger partial charge on any atom is 0.282 e. The minimum absolute atomic E-state index is 0.0606. The lowest BCUT2D eigenvalue weighted by Gasteiger charge is -2.39. The summed E-state index contributed by atoms with van der Waals surface area (Å²) in [5.41, 5.74) is 5.89. The number of carbonyl (C=O) groups is 1. The first-order chi connectivity index (χ1) is 11.4. The summed E-state index contributed by atoms with van der Waals surface area (Å²) in [7, 11) is -1.75. The first-order valence-electron chi connectivity index (χ1n) is 9.15. The summed E-state index contributed by atoms with van der Waals surface area (Å²) in [5.74, 6) is -0.0606. The Morgan fingerprint density at radius 2 is 1.75 bits per heavy atom. The van der Waals surface area contributed by atoms with E-state index in [1.54, 1.807) is 16.3 Å². The molecule has 1 atom stereocenters. The smallest absolute Gasteiger partial charge is 0.282 e. The van der Waals surface area contributed by atoms with Crippen molar-refractivity contribution in [3.8, 4) is 0 Å². The zero-order chi connectivity index (χ0) is 17.7. The highest BCUT2D eigenvalue weighted by molar-refractivity contribution is 7.86. The number of hydrogen-bond donors (Lipinski definition) is 1. The third kappa shape index (κ3) is 4.47. The average molecular weight is 361 g/mol. The fraction of sp³-hybridized carbons (Fsp3) is 0.938. The van der Waals surface area contributed by atoms with Crippen LogP contribution in [0.1, 0.15) is 51.9 Å². The Bertz CT molecular complexity index is 511. The molecule has 2 fully saturated rings. The Morgan fingerprint density at radius 1 is 1.17 bits per heavy atom. The van der Waals surface area contributed by atoms with Gasteiger partial charge in [-0.05, 0) is 19.3 Å². The summed E-state index contributed by atoms with van der Waals surface area (Å²) in [6, 6.07) is -0.357. The first-order valence-corrected chi connectivity index (χ1v) is 10.5. The van der Waals surface area contributed by atoms with Crippen LogP contribution in [-0.2, 0) is 15.0 Å². The molecule has 0 aromatic rings. The van der Waals surface area contributed by atoms with Gasteiger partial charge in [0.15, 0.2) is 0 Å². The van der Waals surface area contributed by atoms with Crippen LogP contribution in [0.2, 0.25) is 0 Å². The van der Waals surface area contributed by atoms with Crippen LogP contribution in [-0.4, -0.2) is 73.1 Å². The van der Waals surface area contributed by atoms with Gasteiger partial charge in [-0.15, -0.1) is 0 Å². The lowest BCUT2D eigenvalue weighted by atomic mass is 9.96. The van der Waals surface area contributed by atoms with E-state index in [1.807, 2.05) is 6.92 Å². The molecule has 2 aliphatic rings. The Balaban J connectivity index is 1.91. The van der Waals surface area contributed by atoms with Gasteiger partial charge < -0.3 is 10.6 Å². The van der Waals surface area contributed by atoms with Crippen LogP contribution >= 0.6 is 0 Å². The summed E-state index contributed by atoms with van der Waals surface area (Å²) >= 11 is 0. The molecule has 1 unspecified atom stereocenters. The molecule has 0 aromatic carbocycles. The quantitative estimate of drug-likeness (QED) is 0.758. The fourth-order valence-corrected chi connectivity index (χ4v) is 5.20. The molecule has 1 aliphatic carbocycles. The van der Waals surface area contributed by atoms with Crippen LogP contribution in [0, 0.1) is 0 Å². The van der Waals surface area contributed by atoms with Gasteiger partial charge in [0.25, 0.3) is 10.2 Å². The normalized spacial score (nSPS) is 22.8. The number of amides is 1. The number of piperazine rings is 1. The zero-order valence-electron chi connectivity index (χ0n) is 15.0. The number of nitrogens with zero attached hydrogens (tertiary/aromatic N) is 3. The summed E-state index contributed by atoms with van der Waals surface area (Å²) in [6.07, 6.45) is 6.82. The number of carbonyl (C=O) groups excluding carboxylic acids is 1. The molecule has 1 saturated heterocycles. The maximum absolute atomic E-state index is 12.8. The van der Waals surface area contributed by atoms with E-state index in [-0.39, 0.29) is 11.9 Å². The van der Waals surface area contributed by atoms with Crippen LogP contribution in [0.15, 0.2) is 0 Å². The Morgan fingerprint density at radius 3 is 2.29 bits per heavy atom. The van der Waals surface area contributed by atoms with Crippen molar-refractivity contribution in [3.05, 3.63) is 0 Å². The molecular formula is C16H32N4O3S. The van der Waals surface area contributed by atoms with Crippen LogP contribution in [0.4, 0.5) is 0 Å². The highest BCUT2D eigenvalue weighted by atomic mass is 32.2. The second-order valence-corrected chi connectivity index (χ2v) is 8.92. The Hall–Kier alpha value is -0.700. The summed E-state index contributed by atoms with van der Waals surface area (Å²) in [6.45, 7) is 3.55. The number of nitrogens with two attached hydrogens (primary N) is 1. The van der Waals surface area contributed by atoms with E-state index in [0.717, 1.165) is 32.1 Å². The van der Waals surface area contributed by atoms with E-state index in [4.69, 9.17) is 5.73 Å². The van der Waals surface area contributed by atoms with Crippen molar-refractivity contribution in [2.45, 2.75) is 64.0 Å². The van der Waals surface area contributed by atoms with Gasteiger partial charge in [-0.1, -0.05) is 32.6 Å². The Labute approximate surface area is 146 Å². The third-order valence-electron chi connectivity index (χ3n) is 5.25. The van der Waals surface area contributed by atoms with Gasteiger partial charge in [-0.3, -0.25) is 4.79 Å². The molecule has 2 N–H and O–H groups in total. The molecule has 0 spiro atoms. The van der Waals surface area contributed by atoms with Crippen molar-refractivity contribution in [1.82, 2.24) is 13.5 Å². The van der Waals surface area contributed by atoms with Gasteiger partial charge in [0.05, 0.1) is 6.04 Å². The predicted octanol–water partition coefficient (Wildman–Crippen LogP) is 0.767. The third-order valence-corrected chi connectivity index (χ3v) is 7.29. The molecule has 1 saturated carbocycles. The molecule has 0 aromatic heterocycles. The largest absolute Gasteiger partial charge is 0.339 e.